The maximum absolute atomic E-state index is 11.7. The molecule has 0 unspecified atom stereocenters. The van der Waals surface area contributed by atoms with Crippen LogP contribution in [0.2, 0.25) is 5.15 Å². The van der Waals surface area contributed by atoms with Gasteiger partial charge in [0.05, 0.1) is 5.75 Å². The number of rotatable bonds is 9. The van der Waals surface area contributed by atoms with Crippen LogP contribution in [-0.2, 0) is 4.79 Å². The molecule has 124 valence electrons. The highest BCUT2D eigenvalue weighted by atomic mass is 35.5. The van der Waals surface area contributed by atoms with Crippen LogP contribution in [0.4, 0.5) is 5.82 Å². The second-order valence-electron chi connectivity index (χ2n) is 5.33. The van der Waals surface area contributed by atoms with E-state index in [2.05, 4.69) is 34.0 Å². The number of amides is 1. The summed E-state index contributed by atoms with van der Waals surface area (Å²) in [7, 11) is 0. The van der Waals surface area contributed by atoms with Crippen LogP contribution in [0.15, 0.2) is 11.2 Å². The first-order chi connectivity index (χ1) is 10.5. The van der Waals surface area contributed by atoms with E-state index in [1.165, 1.54) is 11.8 Å². The van der Waals surface area contributed by atoms with Crippen LogP contribution >= 0.6 is 23.4 Å². The zero-order chi connectivity index (χ0) is 16.5. The Morgan fingerprint density at radius 3 is 2.50 bits per heavy atom. The van der Waals surface area contributed by atoms with Crippen molar-refractivity contribution in [1.29, 1.82) is 0 Å². The SMILES string of the molecule is CCCN(CCC)c1cc(Cl)nc(SCC(=O)NC(C)C)n1. The molecule has 1 N–H and O–H groups in total. The van der Waals surface area contributed by atoms with Gasteiger partial charge in [0.1, 0.15) is 11.0 Å². The number of halogens is 1. The van der Waals surface area contributed by atoms with E-state index in [-0.39, 0.29) is 11.9 Å². The molecular weight excluding hydrogens is 320 g/mol. The molecule has 0 aliphatic rings. The molecule has 1 amide bonds. The van der Waals surface area contributed by atoms with Gasteiger partial charge in [0.2, 0.25) is 5.91 Å². The Kier molecular flexibility index (Phi) is 8.56. The number of nitrogens with one attached hydrogen (secondary N) is 1. The summed E-state index contributed by atoms with van der Waals surface area (Å²) < 4.78 is 0. The van der Waals surface area contributed by atoms with Crippen LogP contribution in [0.1, 0.15) is 40.5 Å². The summed E-state index contributed by atoms with van der Waals surface area (Å²) in [4.78, 5) is 22.6. The van der Waals surface area contributed by atoms with Crippen molar-refractivity contribution >= 4 is 35.1 Å². The third-order valence-corrected chi connectivity index (χ3v) is 3.79. The zero-order valence-corrected chi connectivity index (χ0v) is 15.3. The Labute approximate surface area is 142 Å². The van der Waals surface area contributed by atoms with E-state index in [0.29, 0.717) is 16.1 Å². The van der Waals surface area contributed by atoms with Gasteiger partial charge in [0.15, 0.2) is 5.16 Å². The van der Waals surface area contributed by atoms with Gasteiger partial charge in [-0.15, -0.1) is 0 Å². The molecule has 0 saturated heterocycles. The van der Waals surface area contributed by atoms with Crippen LogP contribution < -0.4 is 10.2 Å². The molecule has 1 rings (SSSR count). The van der Waals surface area contributed by atoms with Crippen LogP contribution in [0.25, 0.3) is 0 Å². The molecule has 0 atom stereocenters. The molecule has 22 heavy (non-hydrogen) atoms. The van der Waals surface area contributed by atoms with Gasteiger partial charge in [-0.3, -0.25) is 4.79 Å². The lowest BCUT2D eigenvalue weighted by atomic mass is 10.3. The lowest BCUT2D eigenvalue weighted by Crippen LogP contribution is -2.31. The van der Waals surface area contributed by atoms with E-state index in [0.717, 1.165) is 31.7 Å². The van der Waals surface area contributed by atoms with Gasteiger partial charge >= 0.3 is 0 Å². The topological polar surface area (TPSA) is 58.1 Å². The monoisotopic (exact) mass is 344 g/mol. The number of hydrogen-bond donors (Lipinski definition) is 1. The van der Waals surface area contributed by atoms with Crippen LogP contribution in [0, 0.1) is 0 Å². The molecule has 1 aromatic heterocycles. The van der Waals surface area contributed by atoms with Crippen molar-refractivity contribution in [2.75, 3.05) is 23.7 Å². The quantitative estimate of drug-likeness (QED) is 0.423. The molecule has 0 spiro atoms. The molecule has 0 bridgehead atoms. The predicted molar refractivity (Wildman–Crippen MR) is 93.8 cm³/mol. The molecule has 0 fully saturated rings. The number of anilines is 1. The van der Waals surface area contributed by atoms with Gasteiger partial charge in [-0.05, 0) is 26.7 Å². The summed E-state index contributed by atoms with van der Waals surface area (Å²) >= 11 is 7.41. The van der Waals surface area contributed by atoms with E-state index < -0.39 is 0 Å². The molecule has 5 nitrogen and oxygen atoms in total. The number of thioether (sulfide) groups is 1. The fourth-order valence-corrected chi connectivity index (χ4v) is 2.88. The third-order valence-electron chi connectivity index (χ3n) is 2.75. The molecule has 0 radical (unpaired) electrons. The van der Waals surface area contributed by atoms with Crippen molar-refractivity contribution in [1.82, 2.24) is 15.3 Å². The fraction of sp³-hybridized carbons (Fsp3) is 0.667. The van der Waals surface area contributed by atoms with Crippen molar-refractivity contribution in [2.24, 2.45) is 0 Å². The number of hydrogen-bond acceptors (Lipinski definition) is 5. The summed E-state index contributed by atoms with van der Waals surface area (Å²) in [6.45, 7) is 10.0. The minimum absolute atomic E-state index is 0.0240. The second kappa shape index (κ2) is 9.90. The number of carbonyl (C=O) groups excluding carboxylic acids is 1. The summed E-state index contributed by atoms with van der Waals surface area (Å²) in [5, 5.41) is 3.80. The summed E-state index contributed by atoms with van der Waals surface area (Å²) in [6.07, 6.45) is 2.09. The molecule has 7 heteroatoms. The van der Waals surface area contributed by atoms with Gasteiger partial charge in [-0.25, -0.2) is 9.97 Å². The Morgan fingerprint density at radius 2 is 1.95 bits per heavy atom. The first-order valence-corrected chi connectivity index (χ1v) is 9.04. The smallest absolute Gasteiger partial charge is 0.230 e. The first kappa shape index (κ1) is 19.0. The Hall–Kier alpha value is -1.01. The predicted octanol–water partition coefficient (Wildman–Crippen LogP) is 3.37. The Balaban J connectivity index is 2.78. The summed E-state index contributed by atoms with van der Waals surface area (Å²) in [5.41, 5.74) is 0. The normalized spacial score (nSPS) is 10.8. The summed E-state index contributed by atoms with van der Waals surface area (Å²) in [5.74, 6) is 1.10. The molecular formula is C15H25ClN4OS. The highest BCUT2D eigenvalue weighted by molar-refractivity contribution is 7.99. The lowest BCUT2D eigenvalue weighted by molar-refractivity contribution is -0.119. The van der Waals surface area contributed by atoms with Crippen LogP contribution in [0.5, 0.6) is 0 Å². The van der Waals surface area contributed by atoms with Crippen molar-refractivity contribution in [3.8, 4) is 0 Å². The number of carbonyl (C=O) groups is 1. The Bertz CT molecular complexity index is 479. The highest BCUT2D eigenvalue weighted by Gasteiger charge is 2.12. The fourth-order valence-electron chi connectivity index (χ4n) is 1.99. The van der Waals surface area contributed by atoms with E-state index >= 15 is 0 Å². The van der Waals surface area contributed by atoms with Gasteiger partial charge in [0, 0.05) is 25.2 Å². The van der Waals surface area contributed by atoms with Crippen LogP contribution in [-0.4, -0.2) is 40.8 Å². The van der Waals surface area contributed by atoms with Crippen molar-refractivity contribution in [3.05, 3.63) is 11.2 Å². The third kappa shape index (κ3) is 6.83. The second-order valence-corrected chi connectivity index (χ2v) is 6.66. The molecule has 0 aliphatic carbocycles. The molecule has 0 aliphatic heterocycles. The number of aromatic nitrogens is 2. The van der Waals surface area contributed by atoms with E-state index in [1.807, 2.05) is 13.8 Å². The Morgan fingerprint density at radius 1 is 1.32 bits per heavy atom. The lowest BCUT2D eigenvalue weighted by Gasteiger charge is -2.22. The standard InChI is InChI=1S/C15H25ClN4OS/c1-5-7-20(8-6-2)13-9-12(16)18-15(19-13)22-10-14(21)17-11(3)4/h9,11H,5-8,10H2,1-4H3,(H,17,21). The minimum atomic E-state index is -0.0240. The van der Waals surface area contributed by atoms with Gasteiger partial charge in [0.25, 0.3) is 0 Å². The van der Waals surface area contributed by atoms with E-state index in [4.69, 9.17) is 11.6 Å². The van der Waals surface area contributed by atoms with Gasteiger partial charge in [-0.1, -0.05) is 37.2 Å². The summed E-state index contributed by atoms with van der Waals surface area (Å²) in [6, 6.07) is 1.92. The van der Waals surface area contributed by atoms with Crippen molar-refractivity contribution in [3.63, 3.8) is 0 Å². The highest BCUT2D eigenvalue weighted by Crippen LogP contribution is 2.22. The average molecular weight is 345 g/mol. The van der Waals surface area contributed by atoms with E-state index in [1.54, 1.807) is 6.07 Å². The molecule has 1 heterocycles. The van der Waals surface area contributed by atoms with Crippen LogP contribution in [0.3, 0.4) is 0 Å². The van der Waals surface area contributed by atoms with Gasteiger partial charge < -0.3 is 10.2 Å². The maximum atomic E-state index is 11.7. The minimum Gasteiger partial charge on any atom is -0.356 e. The molecule has 1 aromatic rings. The van der Waals surface area contributed by atoms with Gasteiger partial charge in [-0.2, -0.15) is 0 Å². The van der Waals surface area contributed by atoms with Crippen molar-refractivity contribution in [2.45, 2.75) is 51.7 Å². The van der Waals surface area contributed by atoms with E-state index in [9.17, 15) is 4.79 Å². The van der Waals surface area contributed by atoms with Crippen molar-refractivity contribution < 1.29 is 4.79 Å². The zero-order valence-electron chi connectivity index (χ0n) is 13.7. The molecule has 0 saturated carbocycles. The average Bonchev–Trinajstić information content (AvgIpc) is 2.43. The number of nitrogens with zero attached hydrogens (tertiary/aromatic N) is 3. The largest absolute Gasteiger partial charge is 0.356 e. The maximum Gasteiger partial charge on any atom is 0.230 e. The first-order valence-electron chi connectivity index (χ1n) is 7.67. The molecule has 0 aromatic carbocycles.